The van der Waals surface area contributed by atoms with Crippen LogP contribution < -0.4 is 5.46 Å². The molecule has 2 nitrogen and oxygen atoms in total. The molecule has 0 aliphatic rings. The van der Waals surface area contributed by atoms with E-state index in [1.165, 1.54) is 10.1 Å². The first-order valence-electron chi connectivity index (χ1n) is 32.8. The topological polar surface area (TPSA) is 40.5 Å². The van der Waals surface area contributed by atoms with Gasteiger partial charge in [0, 0.05) is 45.0 Å². The molecule has 368 valence electrons. The molecule has 0 aliphatic carbocycles. The van der Waals surface area contributed by atoms with Gasteiger partial charge < -0.3 is 10.0 Å². The van der Waals surface area contributed by atoms with Gasteiger partial charge >= 0.3 is 7.12 Å². The Morgan fingerprint density at radius 1 is 0.308 bits per heavy atom. The molecule has 0 saturated carbocycles. The van der Waals surface area contributed by atoms with Gasteiger partial charge in [0.1, 0.15) is 0 Å². The highest BCUT2D eigenvalue weighted by molar-refractivity contribution is 9.10. The van der Waals surface area contributed by atoms with E-state index in [9.17, 15) is 15.5 Å². The first-order chi connectivity index (χ1) is 45.1. The summed E-state index contributed by atoms with van der Waals surface area (Å²) in [6.07, 6.45) is 0. The molecule has 0 radical (unpaired) electrons. The summed E-state index contributed by atoms with van der Waals surface area (Å²) < 4.78 is 144. The molecule has 78 heavy (non-hydrogen) atoms. The van der Waals surface area contributed by atoms with Gasteiger partial charge in [-0.1, -0.05) is 254 Å². The molecular formula is C72H46BBrO2S2. The fourth-order valence-corrected chi connectivity index (χ4v) is 13.9. The lowest BCUT2D eigenvalue weighted by Crippen LogP contribution is -2.29. The highest BCUT2D eigenvalue weighted by atomic mass is 79.9. The average Bonchev–Trinajstić information content (AvgIpc) is 0.829. The van der Waals surface area contributed by atoms with Crippen molar-refractivity contribution in [3.05, 3.63) is 271 Å². The zero-order valence-electron chi connectivity index (χ0n) is 56.8. The van der Waals surface area contributed by atoms with Crippen LogP contribution in [0.25, 0.3) is 138 Å². The minimum absolute atomic E-state index is 0.182. The Morgan fingerprint density at radius 2 is 0.628 bits per heavy atom. The molecule has 0 amide bonds. The molecule has 0 aliphatic heterocycles. The Labute approximate surface area is 490 Å². The van der Waals surface area contributed by atoms with Crippen molar-refractivity contribution in [2.24, 2.45) is 0 Å². The van der Waals surface area contributed by atoms with Crippen LogP contribution in [0.2, 0.25) is 0 Å². The molecule has 0 fully saturated rings. The predicted molar refractivity (Wildman–Crippen MR) is 344 cm³/mol. The highest BCUT2D eigenvalue weighted by Crippen LogP contribution is 2.49. The van der Waals surface area contributed by atoms with Crippen molar-refractivity contribution in [2.75, 3.05) is 0 Å². The minimum Gasteiger partial charge on any atom is -0.423 e. The van der Waals surface area contributed by atoms with Crippen molar-refractivity contribution in [1.82, 2.24) is 0 Å². The number of fused-ring (bicyclic) bond motifs is 12. The van der Waals surface area contributed by atoms with Crippen LogP contribution >= 0.6 is 38.6 Å². The fraction of sp³-hybridized carbons (Fsp3) is 0. The second-order valence-electron chi connectivity index (χ2n) is 18.5. The second-order valence-corrected chi connectivity index (χ2v) is 21.4. The Bertz CT molecular complexity index is 5810. The molecule has 6 heteroatoms. The molecule has 2 N–H and O–H groups in total. The van der Waals surface area contributed by atoms with E-state index in [0.29, 0.717) is 38.8 Å². The van der Waals surface area contributed by atoms with E-state index in [0.717, 1.165) is 51.8 Å². The maximum atomic E-state index is 9.31. The standard InChI is InChI=1S/C36H22S.C24H15Br.C12H9BO2S/c1-2-13-24-23(11-1)12-9-19-26(24)34-27-15-3-5-17-29(27)35(30-18-6-4-16-28(30)34)32-21-10-20-31-25-14-7-8-22-33(25)37-36(31)32;25-24-21-13-5-3-11-19(21)23(20-12-4-6-14-22(20)24)18-15-7-9-16-8-1-2-10-17(16)18;14-13(15)10-6-3-5-9-8-4-1-2-7-11(8)16-12(9)10/h1-22H;1-15H;1-7,14-15H/i3D,4D,5D,6D,15D,16D,17D,18D;3D,4D,5D,6D,11D,12D,13D,14D;. The highest BCUT2D eigenvalue weighted by Gasteiger charge is 2.21. The van der Waals surface area contributed by atoms with Gasteiger partial charge in [-0.15, -0.1) is 22.7 Å². The Morgan fingerprint density at radius 3 is 1.10 bits per heavy atom. The molecule has 14 aromatic carbocycles. The number of hydrogen-bond donors (Lipinski definition) is 2. The van der Waals surface area contributed by atoms with E-state index in [1.807, 2.05) is 158 Å². The van der Waals surface area contributed by atoms with Crippen LogP contribution in [0.4, 0.5) is 0 Å². The molecule has 16 rings (SSSR count). The summed E-state index contributed by atoms with van der Waals surface area (Å²) in [5.41, 5.74) is 3.60. The van der Waals surface area contributed by atoms with Gasteiger partial charge in [0.05, 0.1) is 21.9 Å². The zero-order chi connectivity index (χ0) is 66.2. The fourth-order valence-electron chi connectivity index (χ4n) is 10.8. The van der Waals surface area contributed by atoms with Crippen molar-refractivity contribution in [3.8, 4) is 33.4 Å². The number of hydrogen-bond acceptors (Lipinski definition) is 4. The number of thiophene rings is 2. The molecule has 0 unspecified atom stereocenters. The summed E-state index contributed by atoms with van der Waals surface area (Å²) >= 11 is 6.58. The maximum absolute atomic E-state index is 9.31. The molecule has 0 bridgehead atoms. The lowest BCUT2D eigenvalue weighted by molar-refractivity contribution is 0.426. The maximum Gasteiger partial charge on any atom is 0.489 e. The van der Waals surface area contributed by atoms with Crippen LogP contribution in [0.3, 0.4) is 0 Å². The van der Waals surface area contributed by atoms with Crippen LogP contribution in [0.1, 0.15) is 21.9 Å². The summed E-state index contributed by atoms with van der Waals surface area (Å²) in [6, 6.07) is 48.7. The number of benzene rings is 14. The molecule has 0 saturated heterocycles. The lowest BCUT2D eigenvalue weighted by atomic mass is 9.80. The van der Waals surface area contributed by atoms with Crippen molar-refractivity contribution in [3.63, 3.8) is 0 Å². The van der Waals surface area contributed by atoms with Gasteiger partial charge in [0.25, 0.3) is 0 Å². The van der Waals surface area contributed by atoms with Crippen molar-refractivity contribution in [2.45, 2.75) is 0 Å². The van der Waals surface area contributed by atoms with E-state index in [4.69, 9.17) is 16.4 Å². The minimum atomic E-state index is -1.41. The van der Waals surface area contributed by atoms with Gasteiger partial charge in [-0.2, -0.15) is 0 Å². The van der Waals surface area contributed by atoms with Crippen LogP contribution in [0, 0.1) is 0 Å². The molecule has 2 heterocycles. The Hall–Kier alpha value is -8.46. The third-order valence-corrected chi connectivity index (χ3v) is 17.4. The lowest BCUT2D eigenvalue weighted by Gasteiger charge is -2.19. The van der Waals surface area contributed by atoms with Crippen LogP contribution in [0.5, 0.6) is 0 Å². The smallest absolute Gasteiger partial charge is 0.423 e. The molecular weight excluding hydrogens is 1050 g/mol. The van der Waals surface area contributed by atoms with Gasteiger partial charge in [0.2, 0.25) is 0 Å². The summed E-state index contributed by atoms with van der Waals surface area (Å²) in [5.74, 6) is 0. The molecule has 0 spiro atoms. The van der Waals surface area contributed by atoms with Crippen LogP contribution in [-0.2, 0) is 0 Å². The van der Waals surface area contributed by atoms with Crippen molar-refractivity contribution < 1.29 is 32.0 Å². The summed E-state index contributed by atoms with van der Waals surface area (Å²) in [6.45, 7) is 0. The van der Waals surface area contributed by atoms with Gasteiger partial charge in [-0.05, 0) is 131 Å². The third-order valence-electron chi connectivity index (χ3n) is 14.2. The normalized spacial score (nSPS) is 14.4. The van der Waals surface area contributed by atoms with E-state index in [1.54, 1.807) is 28.7 Å². The van der Waals surface area contributed by atoms with E-state index in [-0.39, 0.29) is 95.9 Å². The second kappa shape index (κ2) is 20.2. The van der Waals surface area contributed by atoms with Crippen LogP contribution in [0.15, 0.2) is 271 Å². The van der Waals surface area contributed by atoms with Gasteiger partial charge in [-0.25, -0.2) is 0 Å². The summed E-state index contributed by atoms with van der Waals surface area (Å²) in [4.78, 5) is 0. The quantitative estimate of drug-likeness (QED) is 0.136. The largest absolute Gasteiger partial charge is 0.489 e. The Kier molecular flexibility index (Phi) is 8.70. The van der Waals surface area contributed by atoms with E-state index < -0.39 is 55.5 Å². The Balaban J connectivity index is 0.000000135. The SMILES string of the molecule is OB(O)c1cccc2c1sc1ccccc12.[2H]c1c([2H])c([2H])c2c(-c3cccc4c3sc3ccccc34)c3c([2H])c([2H])c([2H])c([2H])c3c(-c3cccc4ccccc34)c2c1[2H].[2H]c1c([2H])c([2H])c2c(-c3cccc4ccccc34)c3c([2H])c([2H])c([2H])c([2H])c3c(Br)c2c1[2H]. The summed E-state index contributed by atoms with van der Waals surface area (Å²) in [7, 11) is -1.41. The first-order valence-corrected chi connectivity index (χ1v) is 27.3. The average molecular weight is 1110 g/mol. The molecule has 16 aromatic rings. The molecule has 2 aromatic heterocycles. The third kappa shape index (κ3) is 8.15. The van der Waals surface area contributed by atoms with Crippen LogP contribution in [-0.4, -0.2) is 17.2 Å². The molecule has 0 atom stereocenters. The zero-order valence-corrected chi connectivity index (χ0v) is 44.1. The van der Waals surface area contributed by atoms with Gasteiger partial charge in [-0.3, -0.25) is 0 Å². The summed E-state index contributed by atoms with van der Waals surface area (Å²) in [5, 5.41) is 28.0. The van der Waals surface area contributed by atoms with Gasteiger partial charge in [0.15, 0.2) is 0 Å². The predicted octanol–water partition coefficient (Wildman–Crippen LogP) is 20.2. The number of halogens is 1. The monoisotopic (exact) mass is 1110 g/mol. The van der Waals surface area contributed by atoms with E-state index in [2.05, 4.69) is 22.0 Å². The number of rotatable bonds is 4. The van der Waals surface area contributed by atoms with E-state index >= 15 is 0 Å². The van der Waals surface area contributed by atoms with Crippen molar-refractivity contribution >= 4 is 156 Å². The van der Waals surface area contributed by atoms with Crippen molar-refractivity contribution in [1.29, 1.82) is 0 Å². The first kappa shape index (κ1) is 33.6.